The summed E-state index contributed by atoms with van der Waals surface area (Å²) in [5.74, 6) is 0. The van der Waals surface area contributed by atoms with Crippen LogP contribution in [0.4, 0.5) is 0 Å². The lowest BCUT2D eigenvalue weighted by atomic mass is 10.0. The van der Waals surface area contributed by atoms with Crippen LogP contribution in [0.5, 0.6) is 0 Å². The van der Waals surface area contributed by atoms with Gasteiger partial charge in [0.05, 0.1) is 17.8 Å². The lowest BCUT2D eigenvalue weighted by Crippen LogP contribution is -2.03. The molecule has 104 valence electrons. The van der Waals surface area contributed by atoms with Gasteiger partial charge in [-0.25, -0.2) is 4.68 Å². The number of fused-ring (bicyclic) bond motifs is 1. The van der Waals surface area contributed by atoms with E-state index in [1.807, 2.05) is 54.6 Å². The number of aliphatic hydroxyl groups is 1. The van der Waals surface area contributed by atoms with Crippen LogP contribution in [0.15, 0.2) is 67.3 Å². The molecule has 1 N–H and O–H groups in total. The van der Waals surface area contributed by atoms with Crippen molar-refractivity contribution in [2.45, 2.75) is 0 Å². The highest BCUT2D eigenvalue weighted by Crippen LogP contribution is 2.24. The summed E-state index contributed by atoms with van der Waals surface area (Å²) in [5, 5.41) is 18.1. The summed E-state index contributed by atoms with van der Waals surface area (Å²) < 4.78 is 1.71. The fourth-order valence-electron chi connectivity index (χ4n) is 2.34. The quantitative estimate of drug-likeness (QED) is 0.746. The molecule has 0 saturated carbocycles. The molecule has 0 aliphatic carbocycles. The molecule has 0 amide bonds. The second kappa shape index (κ2) is 5.73. The summed E-state index contributed by atoms with van der Waals surface area (Å²) in [6.07, 6.45) is 1.69. The fourth-order valence-corrected chi connectivity index (χ4v) is 2.34. The number of rotatable bonds is 4. The normalized spacial score (nSPS) is 12.2. The zero-order chi connectivity index (χ0) is 14.7. The fraction of sp³-hybridized carbons (Fsp3) is 0.0588. The summed E-state index contributed by atoms with van der Waals surface area (Å²) in [5.41, 5.74) is 4.13. The molecule has 2 aromatic carbocycles. The van der Waals surface area contributed by atoms with Gasteiger partial charge in [0.15, 0.2) is 0 Å². The van der Waals surface area contributed by atoms with E-state index < -0.39 is 0 Å². The molecule has 0 spiro atoms. The molecule has 4 heteroatoms. The summed E-state index contributed by atoms with van der Waals surface area (Å²) in [6, 6.07) is 17.4. The van der Waals surface area contributed by atoms with Gasteiger partial charge in [0.2, 0.25) is 0 Å². The third kappa shape index (κ3) is 2.37. The number of allylic oxidation sites excluding steroid dienone is 2. The standard InChI is InChI=1S/C17H15N3O/c1-2-16(14(12-21)13-8-4-3-5-9-13)20-17-11-7-6-10-15(17)18-19-20/h2-11,21H,1,12H2/b16-14-. The monoisotopic (exact) mass is 277 g/mol. The Morgan fingerprint density at radius 2 is 1.81 bits per heavy atom. The van der Waals surface area contributed by atoms with E-state index in [0.717, 1.165) is 27.9 Å². The second-order valence-corrected chi connectivity index (χ2v) is 4.58. The number of benzene rings is 2. The maximum Gasteiger partial charge on any atom is 0.113 e. The van der Waals surface area contributed by atoms with Gasteiger partial charge in [-0.3, -0.25) is 0 Å². The first-order valence-corrected chi connectivity index (χ1v) is 6.68. The van der Waals surface area contributed by atoms with E-state index in [4.69, 9.17) is 0 Å². The Hall–Kier alpha value is -2.72. The van der Waals surface area contributed by atoms with Gasteiger partial charge in [-0.2, -0.15) is 0 Å². The minimum absolute atomic E-state index is 0.0977. The van der Waals surface area contributed by atoms with Crippen LogP contribution in [-0.4, -0.2) is 26.7 Å². The molecule has 0 fully saturated rings. The number of para-hydroxylation sites is 1. The van der Waals surface area contributed by atoms with Crippen molar-refractivity contribution in [1.29, 1.82) is 0 Å². The molecule has 0 radical (unpaired) electrons. The molecule has 21 heavy (non-hydrogen) atoms. The van der Waals surface area contributed by atoms with Gasteiger partial charge in [0.1, 0.15) is 5.52 Å². The summed E-state index contributed by atoms with van der Waals surface area (Å²) in [4.78, 5) is 0. The van der Waals surface area contributed by atoms with Crippen LogP contribution in [-0.2, 0) is 0 Å². The van der Waals surface area contributed by atoms with E-state index >= 15 is 0 Å². The van der Waals surface area contributed by atoms with E-state index in [9.17, 15) is 5.11 Å². The molecule has 0 saturated heterocycles. The van der Waals surface area contributed by atoms with Crippen molar-refractivity contribution in [1.82, 2.24) is 15.0 Å². The molecule has 0 unspecified atom stereocenters. The van der Waals surface area contributed by atoms with Gasteiger partial charge >= 0.3 is 0 Å². The first-order chi connectivity index (χ1) is 10.3. The zero-order valence-corrected chi connectivity index (χ0v) is 11.5. The minimum Gasteiger partial charge on any atom is -0.392 e. The van der Waals surface area contributed by atoms with Crippen LogP contribution in [0.2, 0.25) is 0 Å². The van der Waals surface area contributed by atoms with E-state index in [1.165, 1.54) is 0 Å². The van der Waals surface area contributed by atoms with Crippen molar-refractivity contribution in [2.75, 3.05) is 6.61 Å². The van der Waals surface area contributed by atoms with Crippen molar-refractivity contribution >= 4 is 22.3 Å². The Labute approximate surface area is 122 Å². The molecule has 1 aromatic heterocycles. The van der Waals surface area contributed by atoms with E-state index in [2.05, 4.69) is 16.9 Å². The lowest BCUT2D eigenvalue weighted by molar-refractivity contribution is 0.350. The molecule has 0 aliphatic heterocycles. The van der Waals surface area contributed by atoms with Crippen LogP contribution < -0.4 is 0 Å². The minimum atomic E-state index is -0.0977. The maximum atomic E-state index is 9.78. The largest absolute Gasteiger partial charge is 0.392 e. The molecule has 3 aromatic rings. The van der Waals surface area contributed by atoms with E-state index in [1.54, 1.807) is 10.8 Å². The topological polar surface area (TPSA) is 50.9 Å². The van der Waals surface area contributed by atoms with Gasteiger partial charge in [-0.15, -0.1) is 5.10 Å². The first kappa shape index (κ1) is 13.3. The zero-order valence-electron chi connectivity index (χ0n) is 11.5. The SMILES string of the molecule is C=C/C(=C(\CO)c1ccccc1)n1nnc2ccccc21. The van der Waals surface area contributed by atoms with Crippen molar-refractivity contribution in [2.24, 2.45) is 0 Å². The van der Waals surface area contributed by atoms with Crippen LogP contribution in [0, 0.1) is 0 Å². The van der Waals surface area contributed by atoms with Crippen LogP contribution >= 0.6 is 0 Å². The van der Waals surface area contributed by atoms with Crippen LogP contribution in [0.3, 0.4) is 0 Å². The Morgan fingerprint density at radius 1 is 1.10 bits per heavy atom. The molecule has 0 bridgehead atoms. The Balaban J connectivity index is 2.25. The molecule has 3 rings (SSSR count). The Kier molecular flexibility index (Phi) is 3.62. The number of aliphatic hydroxyl groups excluding tert-OH is 1. The average molecular weight is 277 g/mol. The van der Waals surface area contributed by atoms with Gasteiger partial charge in [0, 0.05) is 5.57 Å². The van der Waals surface area contributed by atoms with Crippen molar-refractivity contribution in [3.8, 4) is 0 Å². The molecular weight excluding hydrogens is 262 g/mol. The molecular formula is C17H15N3O. The lowest BCUT2D eigenvalue weighted by Gasteiger charge is -2.11. The number of nitrogens with zero attached hydrogens (tertiary/aromatic N) is 3. The van der Waals surface area contributed by atoms with Crippen LogP contribution in [0.25, 0.3) is 22.3 Å². The second-order valence-electron chi connectivity index (χ2n) is 4.58. The third-order valence-corrected chi connectivity index (χ3v) is 3.36. The molecule has 4 nitrogen and oxygen atoms in total. The molecule has 1 heterocycles. The van der Waals surface area contributed by atoms with E-state index in [0.29, 0.717) is 0 Å². The maximum absolute atomic E-state index is 9.78. The van der Waals surface area contributed by atoms with Crippen LogP contribution in [0.1, 0.15) is 5.56 Å². The van der Waals surface area contributed by atoms with Gasteiger partial charge in [-0.05, 0) is 23.8 Å². The predicted molar refractivity (Wildman–Crippen MR) is 84.4 cm³/mol. The van der Waals surface area contributed by atoms with Gasteiger partial charge in [0.25, 0.3) is 0 Å². The first-order valence-electron chi connectivity index (χ1n) is 6.68. The highest BCUT2D eigenvalue weighted by Gasteiger charge is 2.12. The Bertz CT molecular complexity index is 803. The summed E-state index contributed by atoms with van der Waals surface area (Å²) >= 11 is 0. The van der Waals surface area contributed by atoms with Crippen molar-refractivity contribution in [3.63, 3.8) is 0 Å². The van der Waals surface area contributed by atoms with Gasteiger partial charge < -0.3 is 5.11 Å². The smallest absolute Gasteiger partial charge is 0.113 e. The number of hydrogen-bond donors (Lipinski definition) is 1. The summed E-state index contributed by atoms with van der Waals surface area (Å²) in [7, 11) is 0. The summed E-state index contributed by atoms with van der Waals surface area (Å²) in [6.45, 7) is 3.76. The number of aromatic nitrogens is 3. The van der Waals surface area contributed by atoms with E-state index in [-0.39, 0.29) is 6.61 Å². The molecule has 0 aliphatic rings. The Morgan fingerprint density at radius 3 is 2.52 bits per heavy atom. The highest BCUT2D eigenvalue weighted by molar-refractivity contribution is 5.91. The van der Waals surface area contributed by atoms with Gasteiger partial charge in [-0.1, -0.05) is 54.3 Å². The van der Waals surface area contributed by atoms with Crippen molar-refractivity contribution < 1.29 is 5.11 Å². The number of hydrogen-bond acceptors (Lipinski definition) is 3. The average Bonchev–Trinajstić information content (AvgIpc) is 2.97. The predicted octanol–water partition coefficient (Wildman–Crippen LogP) is 2.98. The highest BCUT2D eigenvalue weighted by atomic mass is 16.3. The molecule has 0 atom stereocenters. The third-order valence-electron chi connectivity index (χ3n) is 3.36. The van der Waals surface area contributed by atoms with Crippen molar-refractivity contribution in [3.05, 3.63) is 72.8 Å².